The van der Waals surface area contributed by atoms with Crippen molar-refractivity contribution in [2.24, 2.45) is 0 Å². The van der Waals surface area contributed by atoms with E-state index in [0.29, 0.717) is 36.3 Å². The first-order valence-corrected chi connectivity index (χ1v) is 7.99. The second kappa shape index (κ2) is 7.38. The minimum Gasteiger partial charge on any atom is -0.486 e. The van der Waals surface area contributed by atoms with Gasteiger partial charge in [0.1, 0.15) is 13.2 Å². The van der Waals surface area contributed by atoms with E-state index in [0.717, 1.165) is 12.0 Å². The van der Waals surface area contributed by atoms with Crippen LogP contribution >= 0.6 is 11.6 Å². The van der Waals surface area contributed by atoms with Crippen molar-refractivity contribution in [3.63, 3.8) is 0 Å². The van der Waals surface area contributed by atoms with Gasteiger partial charge in [-0.3, -0.25) is 4.79 Å². The lowest BCUT2D eigenvalue weighted by atomic mass is 10.1. The van der Waals surface area contributed by atoms with E-state index in [9.17, 15) is 4.79 Å². The summed E-state index contributed by atoms with van der Waals surface area (Å²) in [5, 5.41) is 3.41. The molecular formula is C18H18ClNO3. The number of amides is 1. The van der Waals surface area contributed by atoms with Gasteiger partial charge in [0.25, 0.3) is 0 Å². The Bertz CT molecular complexity index is 688. The highest BCUT2D eigenvalue weighted by atomic mass is 35.5. The van der Waals surface area contributed by atoms with Crippen LogP contribution in [0.1, 0.15) is 11.1 Å². The van der Waals surface area contributed by atoms with Crippen LogP contribution in [0.3, 0.4) is 0 Å². The van der Waals surface area contributed by atoms with Crippen molar-refractivity contribution < 1.29 is 14.3 Å². The molecule has 0 aliphatic carbocycles. The quantitative estimate of drug-likeness (QED) is 0.916. The van der Waals surface area contributed by atoms with Crippen molar-refractivity contribution in [2.45, 2.75) is 12.8 Å². The maximum Gasteiger partial charge on any atom is 0.224 e. The summed E-state index contributed by atoms with van der Waals surface area (Å²) in [6.07, 6.45) is 1.08. The van der Waals surface area contributed by atoms with Gasteiger partial charge < -0.3 is 14.8 Å². The lowest BCUT2D eigenvalue weighted by Crippen LogP contribution is -2.27. The smallest absolute Gasteiger partial charge is 0.224 e. The van der Waals surface area contributed by atoms with Gasteiger partial charge in [0.15, 0.2) is 11.5 Å². The molecule has 1 amide bonds. The van der Waals surface area contributed by atoms with E-state index in [-0.39, 0.29) is 12.3 Å². The van der Waals surface area contributed by atoms with Gasteiger partial charge in [0.05, 0.1) is 11.4 Å². The molecule has 0 unspecified atom stereocenters. The van der Waals surface area contributed by atoms with Gasteiger partial charge in [-0.1, -0.05) is 41.9 Å². The van der Waals surface area contributed by atoms with Crippen molar-refractivity contribution in [3.05, 3.63) is 58.6 Å². The zero-order chi connectivity index (χ0) is 16.1. The Hall–Kier alpha value is -2.20. The maximum atomic E-state index is 12.1. The first-order chi connectivity index (χ1) is 11.2. The van der Waals surface area contributed by atoms with E-state index in [1.54, 1.807) is 6.07 Å². The molecule has 1 aliphatic rings. The average molecular weight is 332 g/mol. The topological polar surface area (TPSA) is 47.6 Å². The summed E-state index contributed by atoms with van der Waals surface area (Å²) in [5.74, 6) is 1.13. The van der Waals surface area contributed by atoms with E-state index in [4.69, 9.17) is 21.1 Å². The van der Waals surface area contributed by atoms with Crippen LogP contribution in [0.25, 0.3) is 0 Å². The molecule has 4 nitrogen and oxygen atoms in total. The fraction of sp³-hybridized carbons (Fsp3) is 0.278. The molecule has 0 radical (unpaired) electrons. The van der Waals surface area contributed by atoms with Gasteiger partial charge >= 0.3 is 0 Å². The number of hydrogen-bond donors (Lipinski definition) is 1. The van der Waals surface area contributed by atoms with Gasteiger partial charge in [-0.05, 0) is 29.7 Å². The summed E-state index contributed by atoms with van der Waals surface area (Å²) in [4.78, 5) is 12.1. The molecule has 120 valence electrons. The second-order valence-electron chi connectivity index (χ2n) is 5.36. The van der Waals surface area contributed by atoms with Gasteiger partial charge in [-0.25, -0.2) is 0 Å². The first kappa shape index (κ1) is 15.7. The van der Waals surface area contributed by atoms with Crippen molar-refractivity contribution in [1.82, 2.24) is 5.32 Å². The molecule has 5 heteroatoms. The molecule has 0 aromatic heterocycles. The number of benzene rings is 2. The largest absolute Gasteiger partial charge is 0.486 e. The molecule has 0 spiro atoms. The third-order valence-corrected chi connectivity index (χ3v) is 3.88. The molecular weight excluding hydrogens is 314 g/mol. The average Bonchev–Trinajstić information content (AvgIpc) is 2.56. The number of carbonyl (C=O) groups excluding carboxylic acids is 1. The molecule has 2 aromatic carbocycles. The van der Waals surface area contributed by atoms with Crippen LogP contribution in [-0.2, 0) is 17.6 Å². The Morgan fingerprint density at radius 2 is 1.87 bits per heavy atom. The SMILES string of the molecule is O=C(Cc1cc(Cl)c2c(c1)OCCO2)NCCc1ccccc1. The zero-order valence-electron chi connectivity index (χ0n) is 12.7. The van der Waals surface area contributed by atoms with Gasteiger partial charge in [-0.15, -0.1) is 0 Å². The van der Waals surface area contributed by atoms with Crippen LogP contribution in [0.5, 0.6) is 11.5 Å². The Balaban J connectivity index is 1.54. The molecule has 0 saturated carbocycles. The number of ether oxygens (including phenoxy) is 2. The summed E-state index contributed by atoms with van der Waals surface area (Å²) >= 11 is 6.18. The third-order valence-electron chi connectivity index (χ3n) is 3.60. The van der Waals surface area contributed by atoms with Gasteiger partial charge in [-0.2, -0.15) is 0 Å². The first-order valence-electron chi connectivity index (χ1n) is 7.61. The molecule has 0 saturated heterocycles. The van der Waals surface area contributed by atoms with Crippen LogP contribution in [0.2, 0.25) is 5.02 Å². The predicted molar refractivity (Wildman–Crippen MR) is 89.3 cm³/mol. The number of nitrogens with one attached hydrogen (secondary N) is 1. The number of halogens is 1. The van der Waals surface area contributed by atoms with E-state index in [1.807, 2.05) is 36.4 Å². The molecule has 1 N–H and O–H groups in total. The summed E-state index contributed by atoms with van der Waals surface area (Å²) in [5.41, 5.74) is 2.02. The number of carbonyl (C=O) groups is 1. The Kier molecular flexibility index (Phi) is 5.03. The third kappa shape index (κ3) is 4.17. The number of fused-ring (bicyclic) bond motifs is 1. The Labute approximate surface area is 140 Å². The molecule has 3 rings (SSSR count). The number of hydrogen-bond acceptors (Lipinski definition) is 3. The highest BCUT2D eigenvalue weighted by Gasteiger charge is 2.17. The monoisotopic (exact) mass is 331 g/mol. The van der Waals surface area contributed by atoms with Crippen LogP contribution in [0, 0.1) is 0 Å². The van der Waals surface area contributed by atoms with Crippen LogP contribution in [0.4, 0.5) is 0 Å². The lowest BCUT2D eigenvalue weighted by Gasteiger charge is -2.20. The van der Waals surface area contributed by atoms with Crippen molar-refractivity contribution in [2.75, 3.05) is 19.8 Å². The van der Waals surface area contributed by atoms with E-state index >= 15 is 0 Å². The summed E-state index contributed by atoms with van der Waals surface area (Å²) in [7, 11) is 0. The van der Waals surface area contributed by atoms with Crippen molar-refractivity contribution >= 4 is 17.5 Å². The van der Waals surface area contributed by atoms with E-state index in [1.165, 1.54) is 5.56 Å². The summed E-state index contributed by atoms with van der Waals surface area (Å²) in [6.45, 7) is 1.60. The molecule has 0 fully saturated rings. The van der Waals surface area contributed by atoms with Crippen molar-refractivity contribution in [1.29, 1.82) is 0 Å². The second-order valence-corrected chi connectivity index (χ2v) is 5.77. The van der Waals surface area contributed by atoms with E-state index < -0.39 is 0 Å². The van der Waals surface area contributed by atoms with Crippen LogP contribution in [-0.4, -0.2) is 25.7 Å². The minimum atomic E-state index is -0.0336. The Morgan fingerprint density at radius 1 is 1.09 bits per heavy atom. The molecule has 23 heavy (non-hydrogen) atoms. The summed E-state index contributed by atoms with van der Waals surface area (Å²) in [6, 6.07) is 13.6. The fourth-order valence-corrected chi connectivity index (χ4v) is 2.79. The van der Waals surface area contributed by atoms with Gasteiger partial charge in [0.2, 0.25) is 5.91 Å². The normalized spacial score (nSPS) is 12.7. The summed E-state index contributed by atoms with van der Waals surface area (Å²) < 4.78 is 11.0. The predicted octanol–water partition coefficient (Wildman–Crippen LogP) is 3.01. The zero-order valence-corrected chi connectivity index (χ0v) is 13.4. The maximum absolute atomic E-state index is 12.1. The highest BCUT2D eigenvalue weighted by Crippen LogP contribution is 2.38. The standard InChI is InChI=1S/C18H18ClNO3/c19-15-10-14(11-16-18(15)23-9-8-22-16)12-17(21)20-7-6-13-4-2-1-3-5-13/h1-5,10-11H,6-9,12H2,(H,20,21). The lowest BCUT2D eigenvalue weighted by molar-refractivity contribution is -0.120. The fourth-order valence-electron chi connectivity index (χ4n) is 2.51. The van der Waals surface area contributed by atoms with Gasteiger partial charge in [0, 0.05) is 6.54 Å². The van der Waals surface area contributed by atoms with Crippen LogP contribution in [0.15, 0.2) is 42.5 Å². The molecule has 2 aromatic rings. The van der Waals surface area contributed by atoms with E-state index in [2.05, 4.69) is 5.32 Å². The highest BCUT2D eigenvalue weighted by molar-refractivity contribution is 6.32. The molecule has 1 heterocycles. The van der Waals surface area contributed by atoms with Crippen molar-refractivity contribution in [3.8, 4) is 11.5 Å². The molecule has 0 bridgehead atoms. The molecule has 1 aliphatic heterocycles. The Morgan fingerprint density at radius 3 is 2.70 bits per heavy atom. The molecule has 0 atom stereocenters. The number of rotatable bonds is 5. The van der Waals surface area contributed by atoms with Crippen LogP contribution < -0.4 is 14.8 Å². The minimum absolute atomic E-state index is 0.0336.